The molecule has 0 atom stereocenters. The van der Waals surface area contributed by atoms with Gasteiger partial charge in [0.2, 0.25) is 5.75 Å². The Balaban J connectivity index is 2.34. The monoisotopic (exact) mass is 259 g/mol. The summed E-state index contributed by atoms with van der Waals surface area (Å²) in [6, 6.07) is 8.15. The van der Waals surface area contributed by atoms with Gasteiger partial charge in [0.05, 0.1) is 4.92 Å². The minimum absolute atomic E-state index is 0.0529. The summed E-state index contributed by atoms with van der Waals surface area (Å²) in [5.41, 5.74) is 0.757. The Morgan fingerprint density at radius 3 is 2.79 bits per heavy atom. The molecule has 0 radical (unpaired) electrons. The Hall–Kier alpha value is -2.63. The molecule has 1 aromatic heterocycles. The van der Waals surface area contributed by atoms with Crippen LogP contribution in [0.5, 0.6) is 11.5 Å². The first-order chi connectivity index (χ1) is 9.10. The molecule has 6 heteroatoms. The van der Waals surface area contributed by atoms with Gasteiger partial charge < -0.3 is 10.1 Å². The summed E-state index contributed by atoms with van der Waals surface area (Å²) in [6.07, 6.45) is 1.57. The fraction of sp³-hybridized carbons (Fsp3) is 0.154. The Kier molecular flexibility index (Phi) is 3.61. The molecule has 0 aliphatic heterocycles. The van der Waals surface area contributed by atoms with Crippen LogP contribution in [0.4, 0.5) is 11.5 Å². The predicted octanol–water partition coefficient (Wildman–Crippen LogP) is 3.13. The van der Waals surface area contributed by atoms with E-state index in [4.69, 9.17) is 4.74 Å². The Bertz CT molecular complexity index is 614. The number of aryl methyl sites for hydroxylation is 1. The van der Waals surface area contributed by atoms with Gasteiger partial charge in [-0.15, -0.1) is 0 Å². The molecular weight excluding hydrogens is 246 g/mol. The molecule has 0 fully saturated rings. The van der Waals surface area contributed by atoms with Crippen molar-refractivity contribution in [2.24, 2.45) is 0 Å². The van der Waals surface area contributed by atoms with Gasteiger partial charge in [-0.3, -0.25) is 10.1 Å². The second kappa shape index (κ2) is 5.34. The minimum Gasteiger partial charge on any atom is -0.450 e. The lowest BCUT2D eigenvalue weighted by Crippen LogP contribution is -1.96. The quantitative estimate of drug-likeness (QED) is 0.674. The van der Waals surface area contributed by atoms with Crippen LogP contribution in [0.3, 0.4) is 0 Å². The molecule has 1 heterocycles. The Labute approximate surface area is 110 Å². The Morgan fingerprint density at radius 2 is 2.11 bits per heavy atom. The summed E-state index contributed by atoms with van der Waals surface area (Å²) >= 11 is 0. The molecule has 0 unspecified atom stereocenters. The predicted molar refractivity (Wildman–Crippen MR) is 71.7 cm³/mol. The highest BCUT2D eigenvalue weighted by atomic mass is 16.6. The molecule has 2 rings (SSSR count). The number of rotatable bonds is 4. The van der Waals surface area contributed by atoms with Crippen molar-refractivity contribution in [2.75, 3.05) is 12.4 Å². The average Bonchev–Trinajstić information content (AvgIpc) is 2.41. The summed E-state index contributed by atoms with van der Waals surface area (Å²) in [7, 11) is 1.74. The van der Waals surface area contributed by atoms with E-state index in [2.05, 4.69) is 10.3 Å². The van der Waals surface area contributed by atoms with Crippen molar-refractivity contribution < 1.29 is 9.66 Å². The van der Waals surface area contributed by atoms with Gasteiger partial charge in [-0.1, -0.05) is 6.07 Å². The fourth-order valence-corrected chi connectivity index (χ4v) is 1.59. The molecule has 2 aromatic rings. The smallest absolute Gasteiger partial charge is 0.311 e. The van der Waals surface area contributed by atoms with E-state index in [-0.39, 0.29) is 11.4 Å². The molecule has 0 saturated carbocycles. The number of hydrogen-bond donors (Lipinski definition) is 1. The summed E-state index contributed by atoms with van der Waals surface area (Å²) in [5.74, 6) is 1.34. The lowest BCUT2D eigenvalue weighted by Gasteiger charge is -2.07. The molecule has 98 valence electrons. The van der Waals surface area contributed by atoms with Crippen LogP contribution in [0.15, 0.2) is 36.5 Å². The van der Waals surface area contributed by atoms with Gasteiger partial charge in [0.1, 0.15) is 11.6 Å². The van der Waals surface area contributed by atoms with Crippen LogP contribution in [0.1, 0.15) is 5.56 Å². The fourth-order valence-electron chi connectivity index (χ4n) is 1.59. The number of nitrogens with one attached hydrogen (secondary N) is 1. The van der Waals surface area contributed by atoms with Crippen molar-refractivity contribution in [2.45, 2.75) is 6.92 Å². The number of benzene rings is 1. The molecule has 1 aromatic carbocycles. The third-order valence-electron chi connectivity index (χ3n) is 2.53. The second-order valence-corrected chi connectivity index (χ2v) is 3.96. The number of anilines is 1. The maximum Gasteiger partial charge on any atom is 0.311 e. The highest BCUT2D eigenvalue weighted by Gasteiger charge is 2.15. The zero-order valence-corrected chi connectivity index (χ0v) is 10.6. The molecular formula is C13H13N3O3. The lowest BCUT2D eigenvalue weighted by atomic mass is 10.2. The van der Waals surface area contributed by atoms with Gasteiger partial charge in [0.25, 0.3) is 0 Å². The molecule has 0 saturated heterocycles. The average molecular weight is 259 g/mol. The number of aromatic nitrogens is 1. The molecule has 0 spiro atoms. The van der Waals surface area contributed by atoms with Gasteiger partial charge in [-0.05, 0) is 24.6 Å². The molecule has 19 heavy (non-hydrogen) atoms. The van der Waals surface area contributed by atoms with Gasteiger partial charge in [-0.2, -0.15) is 0 Å². The Morgan fingerprint density at radius 1 is 1.32 bits per heavy atom. The summed E-state index contributed by atoms with van der Waals surface area (Å²) < 4.78 is 5.55. The SMILES string of the molecule is CNc1cc(Oc2ccc(C)cc2[N+](=O)[O-])ccn1. The highest BCUT2D eigenvalue weighted by Crippen LogP contribution is 2.32. The van der Waals surface area contributed by atoms with Gasteiger partial charge >= 0.3 is 5.69 Å². The molecule has 0 aliphatic rings. The summed E-state index contributed by atoms with van der Waals surface area (Å²) in [6.45, 7) is 1.79. The van der Waals surface area contributed by atoms with Crippen LogP contribution in [0.25, 0.3) is 0 Å². The van der Waals surface area contributed by atoms with Crippen LogP contribution in [0.2, 0.25) is 0 Å². The largest absolute Gasteiger partial charge is 0.450 e. The van der Waals surface area contributed by atoms with E-state index in [1.54, 1.807) is 44.4 Å². The normalized spacial score (nSPS) is 10.0. The molecule has 6 nitrogen and oxygen atoms in total. The standard InChI is InChI=1S/C13H13N3O3/c1-9-3-4-12(11(7-9)16(17)18)19-10-5-6-15-13(8-10)14-2/h3-8H,1-2H3,(H,14,15). The second-order valence-electron chi connectivity index (χ2n) is 3.96. The van der Waals surface area contributed by atoms with Crippen LogP contribution >= 0.6 is 0 Å². The van der Waals surface area contributed by atoms with E-state index in [9.17, 15) is 10.1 Å². The van der Waals surface area contributed by atoms with Crippen molar-refractivity contribution in [1.82, 2.24) is 4.98 Å². The molecule has 0 amide bonds. The molecule has 0 aliphatic carbocycles. The van der Waals surface area contributed by atoms with Gasteiger partial charge in [0, 0.05) is 25.4 Å². The number of nitro groups is 1. The van der Waals surface area contributed by atoms with E-state index in [0.717, 1.165) is 5.56 Å². The summed E-state index contributed by atoms with van der Waals surface area (Å²) in [5, 5.41) is 13.9. The maximum absolute atomic E-state index is 11.0. The highest BCUT2D eigenvalue weighted by molar-refractivity contribution is 5.51. The number of nitrogens with zero attached hydrogens (tertiary/aromatic N) is 2. The minimum atomic E-state index is -0.456. The van der Waals surface area contributed by atoms with E-state index in [1.165, 1.54) is 6.07 Å². The van der Waals surface area contributed by atoms with Gasteiger partial charge in [-0.25, -0.2) is 4.98 Å². The van der Waals surface area contributed by atoms with E-state index < -0.39 is 4.92 Å². The third-order valence-corrected chi connectivity index (χ3v) is 2.53. The first kappa shape index (κ1) is 12.8. The summed E-state index contributed by atoms with van der Waals surface area (Å²) in [4.78, 5) is 14.6. The van der Waals surface area contributed by atoms with Crippen molar-refractivity contribution in [3.8, 4) is 11.5 Å². The van der Waals surface area contributed by atoms with Gasteiger partial charge in [0.15, 0.2) is 0 Å². The third kappa shape index (κ3) is 2.98. The number of pyridine rings is 1. The van der Waals surface area contributed by atoms with E-state index in [1.807, 2.05) is 0 Å². The first-order valence-electron chi connectivity index (χ1n) is 5.67. The molecule has 1 N–H and O–H groups in total. The first-order valence-corrected chi connectivity index (χ1v) is 5.67. The van der Waals surface area contributed by atoms with Crippen molar-refractivity contribution in [3.05, 3.63) is 52.2 Å². The maximum atomic E-state index is 11.0. The van der Waals surface area contributed by atoms with Crippen molar-refractivity contribution >= 4 is 11.5 Å². The number of ether oxygens (including phenoxy) is 1. The van der Waals surface area contributed by atoms with Crippen molar-refractivity contribution in [3.63, 3.8) is 0 Å². The van der Waals surface area contributed by atoms with Crippen LogP contribution in [-0.2, 0) is 0 Å². The zero-order chi connectivity index (χ0) is 13.8. The lowest BCUT2D eigenvalue weighted by molar-refractivity contribution is -0.385. The van der Waals surface area contributed by atoms with Crippen LogP contribution < -0.4 is 10.1 Å². The number of nitro benzene ring substituents is 1. The topological polar surface area (TPSA) is 77.3 Å². The van der Waals surface area contributed by atoms with Crippen LogP contribution in [0, 0.1) is 17.0 Å². The van der Waals surface area contributed by atoms with Crippen LogP contribution in [-0.4, -0.2) is 17.0 Å². The molecule has 0 bridgehead atoms. The zero-order valence-electron chi connectivity index (χ0n) is 10.6. The van der Waals surface area contributed by atoms with E-state index in [0.29, 0.717) is 11.6 Å². The van der Waals surface area contributed by atoms with E-state index >= 15 is 0 Å². The number of hydrogen-bond acceptors (Lipinski definition) is 5. The van der Waals surface area contributed by atoms with Crippen molar-refractivity contribution in [1.29, 1.82) is 0 Å².